The van der Waals surface area contributed by atoms with Gasteiger partial charge in [0, 0.05) is 50.7 Å². The minimum atomic E-state index is 0.0613. The van der Waals surface area contributed by atoms with Gasteiger partial charge in [-0.25, -0.2) is 0 Å². The second-order valence-corrected chi connectivity index (χ2v) is 8.87. The highest BCUT2D eigenvalue weighted by Crippen LogP contribution is 2.33. The molecule has 3 rings (SSSR count). The van der Waals surface area contributed by atoms with E-state index in [0.717, 1.165) is 62.6 Å². The van der Waals surface area contributed by atoms with Crippen LogP contribution in [0.4, 0.5) is 0 Å². The van der Waals surface area contributed by atoms with Crippen LogP contribution in [0.1, 0.15) is 48.8 Å². The zero-order chi connectivity index (χ0) is 18.9. The van der Waals surface area contributed by atoms with E-state index < -0.39 is 0 Å². The summed E-state index contributed by atoms with van der Waals surface area (Å²) in [4.78, 5) is 32.6. The maximum absolute atomic E-state index is 12.7. The molecule has 2 amide bonds. The molecule has 0 radical (unpaired) electrons. The van der Waals surface area contributed by atoms with E-state index in [-0.39, 0.29) is 23.3 Å². The first kappa shape index (κ1) is 19.4. The third-order valence-corrected chi connectivity index (χ3v) is 7.09. The standard InChI is InChI=1S/C20H31N3O2S/c1-5-20(7-8-22(14-20)18(24)15(2)3)23-11-9-21(10-12-23)19(25)17-16(4)6-13-26-17/h6,13,15H,5,7-12,14H2,1-4H3. The third-order valence-electron chi connectivity index (χ3n) is 6.09. The quantitative estimate of drug-likeness (QED) is 0.810. The number of thiophene rings is 1. The van der Waals surface area contributed by atoms with Gasteiger partial charge in [0.15, 0.2) is 0 Å². The number of carbonyl (C=O) groups excluding carboxylic acids is 2. The van der Waals surface area contributed by atoms with E-state index in [9.17, 15) is 9.59 Å². The molecular formula is C20H31N3O2S. The molecule has 6 heteroatoms. The summed E-state index contributed by atoms with van der Waals surface area (Å²) in [6.45, 7) is 13.2. The summed E-state index contributed by atoms with van der Waals surface area (Å²) in [5.41, 5.74) is 1.16. The van der Waals surface area contributed by atoms with Crippen LogP contribution in [-0.2, 0) is 4.79 Å². The van der Waals surface area contributed by atoms with Crippen molar-refractivity contribution in [3.05, 3.63) is 21.9 Å². The highest BCUT2D eigenvalue weighted by Gasteiger charge is 2.44. The fourth-order valence-corrected chi connectivity index (χ4v) is 5.19. The molecule has 0 aromatic carbocycles. The minimum absolute atomic E-state index is 0.0613. The molecule has 0 N–H and O–H groups in total. The molecule has 2 aliphatic rings. The first-order valence-corrected chi connectivity index (χ1v) is 10.6. The van der Waals surface area contributed by atoms with Crippen LogP contribution in [0.15, 0.2) is 11.4 Å². The number of rotatable bonds is 4. The smallest absolute Gasteiger partial charge is 0.264 e. The summed E-state index contributed by atoms with van der Waals surface area (Å²) >= 11 is 1.54. The van der Waals surface area contributed by atoms with Gasteiger partial charge in [0.05, 0.1) is 4.88 Å². The highest BCUT2D eigenvalue weighted by atomic mass is 32.1. The molecule has 0 bridgehead atoms. The average molecular weight is 378 g/mol. The Labute approximate surface area is 161 Å². The van der Waals surface area contributed by atoms with Gasteiger partial charge in [-0.05, 0) is 36.8 Å². The Balaban J connectivity index is 1.62. The normalized spacial score (nSPS) is 24.5. The number of amides is 2. The lowest BCUT2D eigenvalue weighted by Crippen LogP contribution is -2.59. The SMILES string of the molecule is CCC1(N2CCN(C(=O)c3sccc3C)CC2)CCN(C(=O)C(C)C)C1. The van der Waals surface area contributed by atoms with E-state index in [1.165, 1.54) is 11.3 Å². The van der Waals surface area contributed by atoms with Crippen LogP contribution < -0.4 is 0 Å². The van der Waals surface area contributed by atoms with Gasteiger partial charge in [-0.3, -0.25) is 14.5 Å². The van der Waals surface area contributed by atoms with Crippen LogP contribution in [0.3, 0.4) is 0 Å². The summed E-state index contributed by atoms with van der Waals surface area (Å²) < 4.78 is 0. The molecule has 144 valence electrons. The lowest BCUT2D eigenvalue weighted by molar-refractivity contribution is -0.134. The van der Waals surface area contributed by atoms with Gasteiger partial charge in [0.25, 0.3) is 5.91 Å². The molecule has 0 saturated carbocycles. The number of hydrogen-bond donors (Lipinski definition) is 0. The second kappa shape index (κ2) is 7.69. The fourth-order valence-electron chi connectivity index (χ4n) is 4.30. The number of aryl methyl sites for hydroxylation is 1. The Morgan fingerprint density at radius 2 is 1.85 bits per heavy atom. The summed E-state index contributed by atoms with van der Waals surface area (Å²) in [5, 5.41) is 1.99. The molecule has 5 nitrogen and oxygen atoms in total. The third kappa shape index (κ3) is 3.54. The van der Waals surface area contributed by atoms with Crippen LogP contribution in [0.2, 0.25) is 0 Å². The van der Waals surface area contributed by atoms with Crippen LogP contribution in [0.5, 0.6) is 0 Å². The summed E-state index contributed by atoms with van der Waals surface area (Å²) in [6.07, 6.45) is 2.09. The first-order valence-electron chi connectivity index (χ1n) is 9.75. The second-order valence-electron chi connectivity index (χ2n) is 7.95. The Hall–Kier alpha value is -1.40. The largest absolute Gasteiger partial charge is 0.341 e. The van der Waals surface area contributed by atoms with Crippen LogP contribution in [0, 0.1) is 12.8 Å². The summed E-state index contributed by atoms with van der Waals surface area (Å²) in [6, 6.07) is 2.01. The molecule has 1 atom stereocenters. The molecule has 1 unspecified atom stereocenters. The van der Waals surface area contributed by atoms with Crippen molar-refractivity contribution < 1.29 is 9.59 Å². The van der Waals surface area contributed by atoms with Gasteiger partial charge in [-0.1, -0.05) is 20.8 Å². The lowest BCUT2D eigenvalue weighted by Gasteiger charge is -2.45. The topological polar surface area (TPSA) is 43.9 Å². The maximum atomic E-state index is 12.7. The number of likely N-dealkylation sites (tertiary alicyclic amines) is 1. The molecule has 1 aromatic heterocycles. The molecule has 2 saturated heterocycles. The van der Waals surface area contributed by atoms with Gasteiger partial charge in [-0.15, -0.1) is 11.3 Å². The van der Waals surface area contributed by atoms with Crippen molar-refractivity contribution in [1.29, 1.82) is 0 Å². The van der Waals surface area contributed by atoms with Gasteiger partial charge < -0.3 is 9.80 Å². The van der Waals surface area contributed by atoms with Crippen molar-refractivity contribution in [2.45, 2.75) is 46.1 Å². The Bertz CT molecular complexity index is 664. The van der Waals surface area contributed by atoms with Crippen molar-refractivity contribution in [3.8, 4) is 0 Å². The van der Waals surface area contributed by atoms with Crippen molar-refractivity contribution in [1.82, 2.24) is 14.7 Å². The zero-order valence-electron chi connectivity index (χ0n) is 16.5. The predicted octanol–water partition coefficient (Wildman–Crippen LogP) is 2.85. The Morgan fingerprint density at radius 3 is 2.38 bits per heavy atom. The van der Waals surface area contributed by atoms with Crippen LogP contribution in [-0.4, -0.2) is 71.3 Å². The monoisotopic (exact) mass is 377 g/mol. The number of hydrogen-bond acceptors (Lipinski definition) is 4. The van der Waals surface area contributed by atoms with Gasteiger partial charge in [0.1, 0.15) is 0 Å². The van der Waals surface area contributed by atoms with Crippen molar-refractivity contribution in [2.75, 3.05) is 39.3 Å². The van der Waals surface area contributed by atoms with Gasteiger partial charge >= 0.3 is 0 Å². The molecule has 1 aromatic rings. The maximum Gasteiger partial charge on any atom is 0.264 e. The Morgan fingerprint density at radius 1 is 1.15 bits per heavy atom. The van der Waals surface area contributed by atoms with Crippen molar-refractivity contribution >= 4 is 23.2 Å². The van der Waals surface area contributed by atoms with Crippen LogP contribution in [0.25, 0.3) is 0 Å². The average Bonchev–Trinajstić information content (AvgIpc) is 3.27. The number of nitrogens with zero attached hydrogens (tertiary/aromatic N) is 3. The first-order chi connectivity index (χ1) is 12.4. The molecule has 0 spiro atoms. The van der Waals surface area contributed by atoms with E-state index in [1.807, 2.05) is 42.0 Å². The van der Waals surface area contributed by atoms with E-state index in [2.05, 4.69) is 11.8 Å². The molecule has 2 aliphatic heterocycles. The van der Waals surface area contributed by atoms with Crippen molar-refractivity contribution in [2.24, 2.45) is 5.92 Å². The fraction of sp³-hybridized carbons (Fsp3) is 0.700. The molecular weight excluding hydrogens is 346 g/mol. The molecule has 2 fully saturated rings. The summed E-state index contributed by atoms with van der Waals surface area (Å²) in [7, 11) is 0. The van der Waals surface area contributed by atoms with E-state index in [1.54, 1.807) is 0 Å². The Kier molecular flexibility index (Phi) is 5.72. The molecule has 26 heavy (non-hydrogen) atoms. The minimum Gasteiger partial charge on any atom is -0.341 e. The highest BCUT2D eigenvalue weighted by molar-refractivity contribution is 7.12. The summed E-state index contributed by atoms with van der Waals surface area (Å²) in [5.74, 6) is 0.499. The predicted molar refractivity (Wildman–Crippen MR) is 106 cm³/mol. The number of piperazine rings is 1. The van der Waals surface area contributed by atoms with Crippen LogP contribution >= 0.6 is 11.3 Å². The van der Waals surface area contributed by atoms with Crippen molar-refractivity contribution in [3.63, 3.8) is 0 Å². The van der Waals surface area contributed by atoms with Gasteiger partial charge in [0.2, 0.25) is 5.91 Å². The molecule has 0 aliphatic carbocycles. The van der Waals surface area contributed by atoms with E-state index in [4.69, 9.17) is 0 Å². The molecule has 3 heterocycles. The lowest BCUT2D eigenvalue weighted by atomic mass is 9.91. The van der Waals surface area contributed by atoms with E-state index >= 15 is 0 Å². The zero-order valence-corrected chi connectivity index (χ0v) is 17.3. The van der Waals surface area contributed by atoms with E-state index in [0.29, 0.717) is 0 Å². The van der Waals surface area contributed by atoms with Gasteiger partial charge in [-0.2, -0.15) is 0 Å². The number of carbonyl (C=O) groups is 2.